The highest BCUT2D eigenvalue weighted by Gasteiger charge is 2.20. The molecule has 258 valence electrons. The number of nitrogens with zero attached hydrogens (tertiary/aromatic N) is 4. The molecule has 0 fully saturated rings. The number of nitriles is 1. The zero-order valence-corrected chi connectivity index (χ0v) is 29.6. The van der Waals surface area contributed by atoms with Crippen LogP contribution in [-0.2, 0) is 0 Å². The van der Waals surface area contributed by atoms with E-state index in [1.807, 2.05) is 78.9 Å². The third kappa shape index (κ3) is 4.13. The van der Waals surface area contributed by atoms with Crippen molar-refractivity contribution in [2.45, 2.75) is 0 Å². The van der Waals surface area contributed by atoms with Crippen LogP contribution >= 0.6 is 0 Å². The molecule has 12 aromatic rings. The standard InChI is InChI=1S/C50H26N4O2/c1-52-42-23-31(54-44-15-7-3-11-35(44)39-27-50-41(25-46(39)54)37-13-5-9-17-48(37)56-50)19-21-33(42)32-20-18-30(22-29(32)28-51)53-43-14-6-2-10-34(43)38-26-49-40(24-45(38)53)36-12-4-8-16-47(36)55-49/h2-27H. The van der Waals surface area contributed by atoms with Gasteiger partial charge in [-0.15, -0.1) is 0 Å². The van der Waals surface area contributed by atoms with Crippen molar-refractivity contribution >= 4 is 93.2 Å². The predicted octanol–water partition coefficient (Wildman–Crippen LogP) is 13.8. The molecule has 12 rings (SSSR count). The zero-order chi connectivity index (χ0) is 37.1. The van der Waals surface area contributed by atoms with Crippen LogP contribution in [0.2, 0.25) is 0 Å². The number of fused-ring (bicyclic) bond motifs is 12. The molecule has 8 aromatic carbocycles. The minimum atomic E-state index is 0.471. The van der Waals surface area contributed by atoms with Crippen LogP contribution in [0.1, 0.15) is 5.56 Å². The summed E-state index contributed by atoms with van der Waals surface area (Å²) < 4.78 is 17.0. The van der Waals surface area contributed by atoms with Gasteiger partial charge in [-0.2, -0.15) is 5.26 Å². The second-order valence-electron chi connectivity index (χ2n) is 14.3. The molecule has 4 aromatic heterocycles. The third-order valence-corrected chi connectivity index (χ3v) is 11.4. The first-order valence-electron chi connectivity index (χ1n) is 18.4. The highest BCUT2D eigenvalue weighted by molar-refractivity contribution is 6.18. The van der Waals surface area contributed by atoms with Crippen molar-refractivity contribution in [2.75, 3.05) is 0 Å². The smallest absolute Gasteiger partial charge is 0.197 e. The molecule has 0 N–H and O–H groups in total. The highest BCUT2D eigenvalue weighted by Crippen LogP contribution is 2.42. The predicted molar refractivity (Wildman–Crippen MR) is 226 cm³/mol. The SMILES string of the molecule is [C-]#[N+]c1cc(-n2c3ccccc3c3cc4oc5ccccc5c4cc32)ccc1-c1ccc(-n2c3ccccc3c3cc4oc5ccccc5c4cc32)cc1C#N. The van der Waals surface area contributed by atoms with E-state index in [0.29, 0.717) is 22.4 Å². The molecule has 56 heavy (non-hydrogen) atoms. The van der Waals surface area contributed by atoms with E-state index in [1.165, 1.54) is 0 Å². The van der Waals surface area contributed by atoms with Gasteiger partial charge in [-0.1, -0.05) is 84.9 Å². The van der Waals surface area contributed by atoms with Crippen molar-refractivity contribution in [1.29, 1.82) is 5.26 Å². The molecule has 4 heterocycles. The van der Waals surface area contributed by atoms with Crippen molar-refractivity contribution in [2.24, 2.45) is 0 Å². The Morgan fingerprint density at radius 3 is 1.45 bits per heavy atom. The monoisotopic (exact) mass is 714 g/mol. The number of furan rings is 2. The average molecular weight is 715 g/mol. The minimum absolute atomic E-state index is 0.471. The molecule has 0 saturated heterocycles. The molecule has 0 bridgehead atoms. The van der Waals surface area contributed by atoms with Crippen LogP contribution in [0.5, 0.6) is 0 Å². The second-order valence-corrected chi connectivity index (χ2v) is 14.3. The summed E-state index contributed by atoms with van der Waals surface area (Å²) in [6.45, 7) is 8.34. The summed E-state index contributed by atoms with van der Waals surface area (Å²) in [5, 5.41) is 19.2. The highest BCUT2D eigenvalue weighted by atomic mass is 16.3. The molecule has 0 aliphatic carbocycles. The van der Waals surface area contributed by atoms with E-state index in [9.17, 15) is 5.26 Å². The second kappa shape index (κ2) is 11.2. The molecule has 0 aliphatic heterocycles. The summed E-state index contributed by atoms with van der Waals surface area (Å²) >= 11 is 0. The van der Waals surface area contributed by atoms with Crippen LogP contribution in [0.3, 0.4) is 0 Å². The van der Waals surface area contributed by atoms with Crippen molar-refractivity contribution in [3.05, 3.63) is 175 Å². The van der Waals surface area contributed by atoms with Gasteiger partial charge in [0.15, 0.2) is 5.69 Å². The van der Waals surface area contributed by atoms with Crippen LogP contribution < -0.4 is 0 Å². The largest absolute Gasteiger partial charge is 0.456 e. The molecule has 0 aliphatic rings. The van der Waals surface area contributed by atoms with Crippen LogP contribution in [0.4, 0.5) is 5.69 Å². The van der Waals surface area contributed by atoms with Gasteiger partial charge in [-0.3, -0.25) is 0 Å². The van der Waals surface area contributed by atoms with Gasteiger partial charge in [0.2, 0.25) is 0 Å². The Bertz CT molecular complexity index is 3500. The molecule has 0 saturated carbocycles. The lowest BCUT2D eigenvalue weighted by molar-refractivity contribution is 0.669. The number of para-hydroxylation sites is 4. The molecular formula is C50H26N4O2. The molecule has 6 heteroatoms. The van der Waals surface area contributed by atoms with Gasteiger partial charge < -0.3 is 18.0 Å². The van der Waals surface area contributed by atoms with Crippen LogP contribution in [0, 0.1) is 17.9 Å². The Balaban J connectivity index is 1.03. The molecule has 0 spiro atoms. The van der Waals surface area contributed by atoms with Gasteiger partial charge >= 0.3 is 0 Å². The minimum Gasteiger partial charge on any atom is -0.456 e. The molecule has 0 amide bonds. The van der Waals surface area contributed by atoms with Crippen LogP contribution in [0.25, 0.3) is 115 Å². The molecule has 0 radical (unpaired) electrons. The van der Waals surface area contributed by atoms with Gasteiger partial charge in [0.1, 0.15) is 22.3 Å². The first kappa shape index (κ1) is 30.4. The average Bonchev–Trinajstić information content (AvgIpc) is 3.99. The number of benzene rings is 8. The van der Waals surface area contributed by atoms with Crippen molar-refractivity contribution in [3.8, 4) is 28.6 Å². The number of aromatic nitrogens is 2. The molecular weight excluding hydrogens is 689 g/mol. The Labute approximate surface area is 318 Å². The van der Waals surface area contributed by atoms with E-state index < -0.39 is 0 Å². The van der Waals surface area contributed by atoms with E-state index in [-0.39, 0.29) is 0 Å². The maximum atomic E-state index is 10.6. The number of hydrogen-bond acceptors (Lipinski definition) is 3. The lowest BCUT2D eigenvalue weighted by Gasteiger charge is -2.14. The molecule has 0 unspecified atom stereocenters. The van der Waals surface area contributed by atoms with Gasteiger partial charge in [0, 0.05) is 54.5 Å². The Hall–Kier alpha value is -8.06. The fraction of sp³-hybridized carbons (Fsp3) is 0. The molecule has 6 nitrogen and oxygen atoms in total. The summed E-state index contributed by atoms with van der Waals surface area (Å²) in [4.78, 5) is 4.04. The van der Waals surface area contributed by atoms with Crippen molar-refractivity contribution in [3.63, 3.8) is 0 Å². The van der Waals surface area contributed by atoms with Gasteiger partial charge in [0.05, 0.1) is 40.3 Å². The first-order valence-corrected chi connectivity index (χ1v) is 18.4. The fourth-order valence-corrected chi connectivity index (χ4v) is 8.91. The Morgan fingerprint density at radius 2 is 0.911 bits per heavy atom. The first-order chi connectivity index (χ1) is 27.7. The maximum Gasteiger partial charge on any atom is 0.197 e. The van der Waals surface area contributed by atoms with E-state index in [1.54, 1.807) is 0 Å². The van der Waals surface area contributed by atoms with Gasteiger partial charge in [-0.25, -0.2) is 4.85 Å². The Morgan fingerprint density at radius 1 is 0.429 bits per heavy atom. The fourth-order valence-electron chi connectivity index (χ4n) is 8.91. The van der Waals surface area contributed by atoms with Gasteiger partial charge in [0.25, 0.3) is 0 Å². The van der Waals surface area contributed by atoms with E-state index in [2.05, 4.69) is 98.9 Å². The van der Waals surface area contributed by atoms with Crippen LogP contribution in [0.15, 0.2) is 167 Å². The zero-order valence-electron chi connectivity index (χ0n) is 29.6. The summed E-state index contributed by atoms with van der Waals surface area (Å²) in [7, 11) is 0. The lowest BCUT2D eigenvalue weighted by atomic mass is 9.97. The number of rotatable bonds is 3. The summed E-state index contributed by atoms with van der Waals surface area (Å²) in [5.74, 6) is 0. The van der Waals surface area contributed by atoms with Crippen molar-refractivity contribution in [1.82, 2.24) is 9.13 Å². The van der Waals surface area contributed by atoms with E-state index in [4.69, 9.17) is 15.4 Å². The van der Waals surface area contributed by atoms with E-state index >= 15 is 0 Å². The Kier molecular flexibility index (Phi) is 6.10. The quantitative estimate of drug-likeness (QED) is 0.171. The number of hydrogen-bond donors (Lipinski definition) is 0. The normalized spacial score (nSPS) is 11.9. The summed E-state index contributed by atoms with van der Waals surface area (Å²) in [6, 6.07) is 55.9. The summed E-state index contributed by atoms with van der Waals surface area (Å²) in [5.41, 5.74) is 11.7. The summed E-state index contributed by atoms with van der Waals surface area (Å²) in [6.07, 6.45) is 0. The van der Waals surface area contributed by atoms with Crippen molar-refractivity contribution < 1.29 is 8.83 Å². The van der Waals surface area contributed by atoms with Gasteiger partial charge in [-0.05, 0) is 83.9 Å². The topological polar surface area (TPSA) is 64.3 Å². The maximum absolute atomic E-state index is 10.6. The lowest BCUT2D eigenvalue weighted by Crippen LogP contribution is -1.97. The van der Waals surface area contributed by atoms with Crippen LogP contribution in [-0.4, -0.2) is 9.13 Å². The molecule has 0 atom stereocenters. The third-order valence-electron chi connectivity index (χ3n) is 11.4. The van der Waals surface area contributed by atoms with E-state index in [0.717, 1.165) is 98.9 Å².